The quantitative estimate of drug-likeness (QED) is 0.437. The van der Waals surface area contributed by atoms with Crippen LogP contribution in [-0.4, -0.2) is 57.9 Å². The lowest BCUT2D eigenvalue weighted by atomic mass is 10.1. The predicted molar refractivity (Wildman–Crippen MR) is 128 cm³/mol. The van der Waals surface area contributed by atoms with Crippen LogP contribution in [0.1, 0.15) is 30.0 Å². The molecule has 0 aliphatic carbocycles. The fourth-order valence-corrected chi connectivity index (χ4v) is 3.98. The number of nitrogens with zero attached hydrogens (tertiary/aromatic N) is 2. The van der Waals surface area contributed by atoms with Gasteiger partial charge in [-0.1, -0.05) is 24.3 Å². The number of methoxy groups -OCH3 is 3. The van der Waals surface area contributed by atoms with Gasteiger partial charge in [0.15, 0.2) is 5.96 Å². The van der Waals surface area contributed by atoms with Crippen LogP contribution in [0, 0.1) is 0 Å². The first kappa shape index (κ1) is 23.9. The zero-order chi connectivity index (χ0) is 22.8. The van der Waals surface area contributed by atoms with Crippen molar-refractivity contribution in [2.24, 2.45) is 4.99 Å². The zero-order valence-corrected chi connectivity index (χ0v) is 19.7. The van der Waals surface area contributed by atoms with Crippen LogP contribution in [0.3, 0.4) is 0 Å². The van der Waals surface area contributed by atoms with Gasteiger partial charge in [0.2, 0.25) is 0 Å². The minimum absolute atomic E-state index is 0.361. The minimum Gasteiger partial charge on any atom is -0.497 e. The van der Waals surface area contributed by atoms with Gasteiger partial charge < -0.3 is 24.8 Å². The highest BCUT2D eigenvalue weighted by Crippen LogP contribution is 2.24. The molecule has 0 spiro atoms. The van der Waals surface area contributed by atoms with E-state index in [9.17, 15) is 0 Å². The fraction of sp³-hybridized carbons (Fsp3) is 0.480. The summed E-state index contributed by atoms with van der Waals surface area (Å²) in [6, 6.07) is 14.8. The Bertz CT molecular complexity index is 865. The lowest BCUT2D eigenvalue weighted by Crippen LogP contribution is -2.44. The second-order valence-electron chi connectivity index (χ2n) is 8.03. The molecule has 7 nitrogen and oxygen atoms in total. The van der Waals surface area contributed by atoms with E-state index >= 15 is 0 Å². The molecule has 1 fully saturated rings. The third-order valence-corrected chi connectivity index (χ3v) is 5.50. The number of hydrogen-bond donors (Lipinski definition) is 2. The molecule has 0 bridgehead atoms. The Kier molecular flexibility index (Phi) is 9.19. The van der Waals surface area contributed by atoms with Crippen molar-refractivity contribution in [3.05, 3.63) is 59.2 Å². The highest BCUT2D eigenvalue weighted by molar-refractivity contribution is 5.80. The predicted octanol–water partition coefficient (Wildman–Crippen LogP) is 3.18. The molecule has 2 N–H and O–H groups in total. The molecule has 0 aromatic heterocycles. The Balaban J connectivity index is 1.57. The first-order chi connectivity index (χ1) is 15.6. The topological polar surface area (TPSA) is 67.4 Å². The molecule has 1 heterocycles. The van der Waals surface area contributed by atoms with Gasteiger partial charge in [-0.15, -0.1) is 0 Å². The number of benzene rings is 2. The van der Waals surface area contributed by atoms with Crippen LogP contribution in [0.4, 0.5) is 0 Å². The van der Waals surface area contributed by atoms with Gasteiger partial charge >= 0.3 is 0 Å². The van der Waals surface area contributed by atoms with E-state index in [0.717, 1.165) is 50.1 Å². The number of hydrogen-bond acceptors (Lipinski definition) is 5. The fourth-order valence-electron chi connectivity index (χ4n) is 3.98. The summed E-state index contributed by atoms with van der Waals surface area (Å²) in [4.78, 5) is 7.25. The minimum atomic E-state index is 0.361. The van der Waals surface area contributed by atoms with Crippen molar-refractivity contribution in [1.29, 1.82) is 0 Å². The largest absolute Gasteiger partial charge is 0.497 e. The molecule has 1 aliphatic rings. The van der Waals surface area contributed by atoms with Gasteiger partial charge in [-0.3, -0.25) is 4.90 Å². The van der Waals surface area contributed by atoms with Gasteiger partial charge in [-0.05, 0) is 42.2 Å². The summed E-state index contributed by atoms with van der Waals surface area (Å²) >= 11 is 0. The molecule has 1 atom stereocenters. The molecular formula is C25H36N4O3. The van der Waals surface area contributed by atoms with Crippen LogP contribution >= 0.6 is 0 Å². The molecule has 2 aromatic rings. The highest BCUT2D eigenvalue weighted by atomic mass is 16.5. The Morgan fingerprint density at radius 1 is 1.03 bits per heavy atom. The smallest absolute Gasteiger partial charge is 0.191 e. The Morgan fingerprint density at radius 2 is 1.78 bits per heavy atom. The van der Waals surface area contributed by atoms with Crippen LogP contribution in [0.25, 0.3) is 0 Å². The van der Waals surface area contributed by atoms with E-state index in [1.165, 1.54) is 16.7 Å². The number of nitrogens with one attached hydrogen (secondary N) is 2. The monoisotopic (exact) mass is 440 g/mol. The summed E-state index contributed by atoms with van der Waals surface area (Å²) in [6.07, 6.45) is 1.08. The van der Waals surface area contributed by atoms with Gasteiger partial charge in [-0.25, -0.2) is 4.99 Å². The van der Waals surface area contributed by atoms with Crippen molar-refractivity contribution in [1.82, 2.24) is 15.5 Å². The van der Waals surface area contributed by atoms with Crippen molar-refractivity contribution in [3.8, 4) is 11.5 Å². The number of rotatable bonds is 10. The van der Waals surface area contributed by atoms with Crippen molar-refractivity contribution < 1.29 is 14.2 Å². The summed E-state index contributed by atoms with van der Waals surface area (Å²) in [5.74, 6) is 2.51. The van der Waals surface area contributed by atoms with Crippen LogP contribution in [0.15, 0.2) is 47.5 Å². The molecule has 0 radical (unpaired) electrons. The molecule has 1 aliphatic heterocycles. The van der Waals surface area contributed by atoms with Crippen LogP contribution in [-0.2, 0) is 24.4 Å². The second kappa shape index (κ2) is 12.3. The normalized spacial score (nSPS) is 16.8. The van der Waals surface area contributed by atoms with E-state index in [1.54, 1.807) is 21.3 Å². The second-order valence-corrected chi connectivity index (χ2v) is 8.03. The molecule has 32 heavy (non-hydrogen) atoms. The average Bonchev–Trinajstić information content (AvgIpc) is 3.24. The van der Waals surface area contributed by atoms with Gasteiger partial charge in [0.1, 0.15) is 11.5 Å². The summed E-state index contributed by atoms with van der Waals surface area (Å²) in [5, 5.41) is 6.99. The van der Waals surface area contributed by atoms with Crippen LogP contribution in [0.5, 0.6) is 11.5 Å². The van der Waals surface area contributed by atoms with Crippen LogP contribution in [0.2, 0.25) is 0 Å². The highest BCUT2D eigenvalue weighted by Gasteiger charge is 2.23. The Hall–Kier alpha value is -2.77. The van der Waals surface area contributed by atoms with E-state index in [-0.39, 0.29) is 0 Å². The molecule has 2 aromatic carbocycles. The van der Waals surface area contributed by atoms with Gasteiger partial charge in [0.25, 0.3) is 0 Å². The molecule has 0 amide bonds. The summed E-state index contributed by atoms with van der Waals surface area (Å²) in [6.45, 7) is 7.04. The number of likely N-dealkylation sites (tertiary alicyclic amines) is 1. The lowest BCUT2D eigenvalue weighted by molar-refractivity contribution is 0.185. The third-order valence-electron chi connectivity index (χ3n) is 5.50. The molecular weight excluding hydrogens is 404 g/mol. The molecule has 1 unspecified atom stereocenters. The lowest BCUT2D eigenvalue weighted by Gasteiger charge is -2.19. The first-order valence-corrected chi connectivity index (χ1v) is 11.2. The molecule has 7 heteroatoms. The molecule has 174 valence electrons. The van der Waals surface area contributed by atoms with Gasteiger partial charge in [-0.2, -0.15) is 0 Å². The summed E-state index contributed by atoms with van der Waals surface area (Å²) in [7, 11) is 5.08. The van der Waals surface area contributed by atoms with E-state index < -0.39 is 0 Å². The van der Waals surface area contributed by atoms with Crippen LogP contribution < -0.4 is 20.1 Å². The molecule has 0 saturated carbocycles. The zero-order valence-electron chi connectivity index (χ0n) is 19.7. The Morgan fingerprint density at radius 3 is 2.47 bits per heavy atom. The van der Waals surface area contributed by atoms with E-state index in [4.69, 9.17) is 19.2 Å². The number of ether oxygens (including phenoxy) is 3. The first-order valence-electron chi connectivity index (χ1n) is 11.2. The number of aliphatic imine (C=N–C) groups is 1. The maximum absolute atomic E-state index is 5.40. The molecule has 1 saturated heterocycles. The molecule has 3 rings (SSSR count). The summed E-state index contributed by atoms with van der Waals surface area (Å²) < 4.78 is 16.0. The van der Waals surface area contributed by atoms with E-state index in [2.05, 4.69) is 58.9 Å². The van der Waals surface area contributed by atoms with Crippen molar-refractivity contribution in [3.63, 3.8) is 0 Å². The maximum atomic E-state index is 5.40. The number of guanidine groups is 1. The summed E-state index contributed by atoms with van der Waals surface area (Å²) in [5.41, 5.74) is 3.54. The standard InChI is InChI=1S/C25H36N4O3/c1-5-26-25(27-15-19-7-6-8-20(11-19)18-30-2)28-22-9-10-29(17-22)16-21-12-23(31-3)14-24(13-21)32-4/h6-8,11-14,22H,5,9-10,15-18H2,1-4H3,(H2,26,27,28). The van der Waals surface area contributed by atoms with E-state index in [1.807, 2.05) is 6.07 Å². The Labute approximate surface area is 191 Å². The van der Waals surface area contributed by atoms with Gasteiger partial charge in [0.05, 0.1) is 27.4 Å². The van der Waals surface area contributed by atoms with Crippen molar-refractivity contribution in [2.75, 3.05) is 41.0 Å². The maximum Gasteiger partial charge on any atom is 0.191 e. The third kappa shape index (κ3) is 7.14. The van der Waals surface area contributed by atoms with Crippen molar-refractivity contribution >= 4 is 5.96 Å². The SMILES string of the molecule is CCNC(=NCc1cccc(COC)c1)NC1CCN(Cc2cc(OC)cc(OC)c2)C1. The van der Waals surface area contributed by atoms with Crippen molar-refractivity contribution in [2.45, 2.75) is 39.1 Å². The van der Waals surface area contributed by atoms with Gasteiger partial charge in [0, 0.05) is 45.4 Å². The van der Waals surface area contributed by atoms with E-state index in [0.29, 0.717) is 19.2 Å². The average molecular weight is 441 g/mol.